The largest absolute Gasteiger partial charge is 4.00 e. The van der Waals surface area contributed by atoms with Gasteiger partial charge in [0.15, 0.2) is 0 Å². The zero-order chi connectivity index (χ0) is 65.9. The molecule has 2 radical (unpaired) electrons. The van der Waals surface area contributed by atoms with Crippen molar-refractivity contribution in [2.75, 3.05) is 28.4 Å². The van der Waals surface area contributed by atoms with Gasteiger partial charge in [0.2, 0.25) is 0 Å². The molecule has 4 unspecified atom stereocenters. The van der Waals surface area contributed by atoms with Crippen LogP contribution in [0.2, 0.25) is 13.1 Å². The van der Waals surface area contributed by atoms with Gasteiger partial charge in [-0.25, -0.2) is 0 Å². The van der Waals surface area contributed by atoms with Gasteiger partial charge in [0.25, 0.3) is 0 Å². The number of rotatable bonds is 12. The number of aryl methyl sites for hydroxylation is 4. The number of hydrogen-bond donors (Lipinski definition) is 0. The van der Waals surface area contributed by atoms with Crippen LogP contribution in [0.1, 0.15) is 113 Å². The summed E-state index contributed by atoms with van der Waals surface area (Å²) in [4.78, 5) is 0. The maximum atomic E-state index is 5.47. The number of fused-ring (bicyclic) bond motifs is 8. The SMILES string of the molecule is COc1ccc2cc(C3C=CC=Cc4c3cc(C)[c-]4[Si](C)[c-]3c(C)cc4c3C=CC=CC4c3ccc4cc(OC)ccc4c3)ccc2c1.COc1ccc2cc(C3C=CC=Cc4c3cc(C)[c-]4[Si](C)[c-]3c(C)cc4c3C=CC=CC4c3ccc4cc(OC)ccc4c3)ccc2c1.[Hf+4]. The maximum absolute atomic E-state index is 5.47. The Hall–Kier alpha value is -9.38. The average molecular weight is 1460 g/mol. The van der Waals surface area contributed by atoms with E-state index >= 15 is 0 Å². The van der Waals surface area contributed by atoms with E-state index in [2.05, 4.69) is 308 Å². The molecule has 0 saturated heterocycles. The van der Waals surface area contributed by atoms with Crippen LogP contribution in [0.5, 0.6) is 23.0 Å². The van der Waals surface area contributed by atoms with Crippen molar-refractivity contribution in [1.29, 1.82) is 0 Å². The van der Waals surface area contributed by atoms with Crippen LogP contribution in [-0.4, -0.2) is 46.0 Å². The fraction of sp³-hybridized carbons (Fsp3) is 0.156. The van der Waals surface area contributed by atoms with Gasteiger partial charge in [-0.05, 0) is 138 Å². The third-order valence-corrected chi connectivity index (χ3v) is 26.3. The van der Waals surface area contributed by atoms with Gasteiger partial charge in [-0.3, -0.25) is 0 Å². The third kappa shape index (κ3) is 12.1. The molecule has 7 heteroatoms. The Morgan fingerprint density at radius 2 is 0.474 bits per heavy atom. The van der Waals surface area contributed by atoms with Gasteiger partial charge in [0, 0.05) is 17.6 Å². The molecule has 0 aromatic heterocycles. The third-order valence-electron chi connectivity index (χ3n) is 20.7. The monoisotopic (exact) mass is 1460 g/mol. The summed E-state index contributed by atoms with van der Waals surface area (Å²) in [5, 5.41) is 15.9. The molecule has 97 heavy (non-hydrogen) atoms. The zero-order valence-corrected chi connectivity index (χ0v) is 62.4. The molecule has 0 saturated carbocycles. The molecule has 4 atom stereocenters. The summed E-state index contributed by atoms with van der Waals surface area (Å²) < 4.78 is 21.9. The van der Waals surface area contributed by atoms with Gasteiger partial charge in [-0.15, -0.1) is 91.6 Å². The number of hydrogen-bond acceptors (Lipinski definition) is 4. The molecule has 4 nitrogen and oxygen atoms in total. The number of benzene rings is 8. The minimum atomic E-state index is -1.11. The van der Waals surface area contributed by atoms with Crippen LogP contribution in [-0.2, 0) is 25.8 Å². The summed E-state index contributed by atoms with van der Waals surface area (Å²) in [5.74, 6) is 4.35. The smallest absolute Gasteiger partial charge is 0.497 e. The second-order valence-corrected chi connectivity index (χ2v) is 30.8. The van der Waals surface area contributed by atoms with Crippen LogP contribution < -0.4 is 39.7 Å². The molecular weight excluding hydrogens is 1380 g/mol. The topological polar surface area (TPSA) is 36.9 Å². The van der Waals surface area contributed by atoms with Crippen molar-refractivity contribution >= 4 is 106 Å². The van der Waals surface area contributed by atoms with Crippen molar-refractivity contribution in [2.45, 2.75) is 64.5 Å². The fourth-order valence-corrected chi connectivity index (χ4v) is 21.8. The molecule has 12 aromatic rings. The van der Waals surface area contributed by atoms with Gasteiger partial charge in [-0.1, -0.05) is 186 Å². The van der Waals surface area contributed by atoms with E-state index in [-0.39, 0.29) is 49.5 Å². The molecular formula is C90H78HfO4Si2. The van der Waals surface area contributed by atoms with E-state index in [0.29, 0.717) is 0 Å². The summed E-state index contributed by atoms with van der Waals surface area (Å²) in [6.07, 6.45) is 36.7. The average Bonchev–Trinajstić information content (AvgIpc) is 1.61. The number of methoxy groups -OCH3 is 4. The zero-order valence-electron chi connectivity index (χ0n) is 56.8. The Kier molecular flexibility index (Phi) is 18.3. The summed E-state index contributed by atoms with van der Waals surface area (Å²) in [7, 11) is 4.68. The van der Waals surface area contributed by atoms with Gasteiger partial charge >= 0.3 is 25.8 Å². The minimum Gasteiger partial charge on any atom is -0.497 e. The molecule has 4 aliphatic rings. The van der Waals surface area contributed by atoms with Crippen LogP contribution in [0.3, 0.4) is 0 Å². The molecule has 0 fully saturated rings. The number of allylic oxidation sites excluding steroid dienone is 12. The van der Waals surface area contributed by atoms with Crippen molar-refractivity contribution in [3.63, 3.8) is 0 Å². The van der Waals surface area contributed by atoms with Crippen LogP contribution in [0.15, 0.2) is 243 Å². The first kappa shape index (κ1) is 64.9. The van der Waals surface area contributed by atoms with E-state index in [9.17, 15) is 0 Å². The summed E-state index contributed by atoms with van der Waals surface area (Å²) in [6, 6.07) is 62.6. The maximum Gasteiger partial charge on any atom is 4.00 e. The summed E-state index contributed by atoms with van der Waals surface area (Å²) >= 11 is 0. The molecule has 0 bridgehead atoms. The van der Waals surface area contributed by atoms with Gasteiger partial charge in [0.1, 0.15) is 23.0 Å². The summed E-state index contributed by atoms with van der Waals surface area (Å²) in [5.41, 5.74) is 22.1. The normalized spacial score (nSPS) is 16.5. The van der Waals surface area contributed by atoms with Crippen LogP contribution in [0, 0.1) is 27.7 Å². The van der Waals surface area contributed by atoms with Gasteiger partial charge in [0.05, 0.1) is 28.4 Å². The molecule has 0 heterocycles. The van der Waals surface area contributed by atoms with Crippen molar-refractivity contribution < 1.29 is 44.8 Å². The molecule has 0 N–H and O–H groups in total. The van der Waals surface area contributed by atoms with Crippen molar-refractivity contribution in [1.82, 2.24) is 0 Å². The molecule has 12 aromatic carbocycles. The van der Waals surface area contributed by atoms with E-state index in [1.807, 2.05) is 0 Å². The van der Waals surface area contributed by atoms with Crippen molar-refractivity contribution in [2.24, 2.45) is 0 Å². The molecule has 0 aliphatic heterocycles. The predicted octanol–water partition coefficient (Wildman–Crippen LogP) is 19.5. The van der Waals surface area contributed by atoms with Crippen LogP contribution in [0.4, 0.5) is 0 Å². The minimum absolute atomic E-state index is 0. The first-order valence-corrected chi connectivity index (χ1v) is 37.5. The first-order valence-electron chi connectivity index (χ1n) is 33.5. The van der Waals surface area contributed by atoms with Crippen LogP contribution in [0.25, 0.3) is 67.4 Å². The van der Waals surface area contributed by atoms with Crippen LogP contribution >= 0.6 is 0 Å². The Labute approximate surface area is 593 Å². The van der Waals surface area contributed by atoms with E-state index in [0.717, 1.165) is 23.0 Å². The van der Waals surface area contributed by atoms with E-state index in [1.165, 1.54) is 153 Å². The molecule has 474 valence electrons. The molecule has 0 spiro atoms. The summed E-state index contributed by atoms with van der Waals surface area (Å²) in [6.45, 7) is 14.3. The van der Waals surface area contributed by atoms with E-state index in [1.54, 1.807) is 28.4 Å². The number of ether oxygens (including phenoxy) is 4. The Balaban J connectivity index is 0.000000165. The molecule has 0 amide bonds. The standard InChI is InChI=1S/2C45H39O2Si.Hf/c2*1-28-22-42-38(34-16-14-32-26-36(46-3)20-18-30(32)24-34)10-6-8-12-40(42)44(28)48(5)45-29(2)23-43-39(11-7-9-13-41(43)45)35-17-15-33-27-37(47-4)21-19-31(33)25-35;/h2*6-27,38-39H,1-5H3;/q2*-2;+4. The van der Waals surface area contributed by atoms with Gasteiger partial charge in [-0.2, -0.15) is 68.8 Å². The quantitative estimate of drug-likeness (QED) is 0.0902. The molecule has 16 rings (SSSR count). The second-order valence-electron chi connectivity index (χ2n) is 26.3. The Morgan fingerprint density at radius 3 is 0.691 bits per heavy atom. The van der Waals surface area contributed by atoms with Crippen molar-refractivity contribution in [3.05, 3.63) is 332 Å². The van der Waals surface area contributed by atoms with E-state index in [4.69, 9.17) is 18.9 Å². The molecule has 4 aliphatic carbocycles. The van der Waals surface area contributed by atoms with Crippen molar-refractivity contribution in [3.8, 4) is 23.0 Å². The second kappa shape index (κ2) is 27.3. The Morgan fingerprint density at radius 1 is 0.268 bits per heavy atom. The van der Waals surface area contributed by atoms with Gasteiger partial charge < -0.3 is 18.9 Å². The first-order chi connectivity index (χ1) is 46.9. The Bertz CT molecular complexity index is 4650. The van der Waals surface area contributed by atoms with E-state index < -0.39 is 17.6 Å². The fourth-order valence-electron chi connectivity index (χ4n) is 16.1. The predicted molar refractivity (Wildman–Crippen MR) is 411 cm³/mol.